The lowest BCUT2D eigenvalue weighted by atomic mass is 9.82. The van der Waals surface area contributed by atoms with Gasteiger partial charge in [-0.25, -0.2) is 8.78 Å². The van der Waals surface area contributed by atoms with Crippen molar-refractivity contribution >= 4 is 11.9 Å². The number of hydrogen-bond donors (Lipinski definition) is 2. The minimum absolute atomic E-state index is 0.0833. The molecular weight excluding hydrogens is 340 g/mol. The fourth-order valence-corrected chi connectivity index (χ4v) is 3.13. The zero-order chi connectivity index (χ0) is 18.9. The minimum atomic E-state index is -1.27. The molecule has 3 unspecified atom stereocenters. The molecule has 26 heavy (non-hydrogen) atoms. The first kappa shape index (κ1) is 18.0. The fourth-order valence-electron chi connectivity index (χ4n) is 3.13. The van der Waals surface area contributed by atoms with E-state index >= 15 is 0 Å². The van der Waals surface area contributed by atoms with Crippen LogP contribution in [0.2, 0.25) is 0 Å². The average molecular weight is 359 g/mol. The lowest BCUT2D eigenvalue weighted by Gasteiger charge is -2.25. The molecular formula is C20H19F2NO3. The van der Waals surface area contributed by atoms with Gasteiger partial charge >= 0.3 is 5.97 Å². The van der Waals surface area contributed by atoms with Crippen LogP contribution in [0.4, 0.5) is 8.78 Å². The molecule has 3 rings (SSSR count). The molecule has 1 saturated carbocycles. The van der Waals surface area contributed by atoms with E-state index in [2.05, 4.69) is 5.32 Å². The van der Waals surface area contributed by atoms with Crippen LogP contribution in [-0.4, -0.2) is 23.5 Å². The summed E-state index contributed by atoms with van der Waals surface area (Å²) in [6.07, 6.45) is 0.418. The molecule has 0 saturated heterocycles. The van der Waals surface area contributed by atoms with Crippen molar-refractivity contribution in [2.24, 2.45) is 5.92 Å². The predicted octanol–water partition coefficient (Wildman–Crippen LogP) is 3.23. The second-order valence-corrected chi connectivity index (χ2v) is 6.84. The number of rotatable bonds is 6. The van der Waals surface area contributed by atoms with Gasteiger partial charge in [0.2, 0.25) is 5.91 Å². The van der Waals surface area contributed by atoms with Gasteiger partial charge in [-0.3, -0.25) is 9.59 Å². The number of carbonyl (C=O) groups excluding carboxylic acids is 1. The lowest BCUT2D eigenvalue weighted by Crippen LogP contribution is -2.44. The van der Waals surface area contributed by atoms with Crippen molar-refractivity contribution in [2.75, 3.05) is 6.54 Å². The Bertz CT molecular complexity index is 840. The second-order valence-electron chi connectivity index (χ2n) is 6.84. The van der Waals surface area contributed by atoms with Crippen LogP contribution in [0.25, 0.3) is 0 Å². The van der Waals surface area contributed by atoms with Gasteiger partial charge in [-0.2, -0.15) is 0 Å². The molecule has 2 N–H and O–H groups in total. The number of hydrogen-bond acceptors (Lipinski definition) is 2. The molecule has 136 valence electrons. The quantitative estimate of drug-likeness (QED) is 0.832. The van der Waals surface area contributed by atoms with E-state index in [1.54, 1.807) is 37.3 Å². The monoisotopic (exact) mass is 359 g/mol. The molecule has 1 aliphatic carbocycles. The second kappa shape index (κ2) is 6.86. The van der Waals surface area contributed by atoms with E-state index in [4.69, 9.17) is 0 Å². The smallest absolute Gasteiger partial charge is 0.315 e. The summed E-state index contributed by atoms with van der Waals surface area (Å²) in [6.45, 7) is 1.46. The third-order valence-corrected chi connectivity index (χ3v) is 4.98. The summed E-state index contributed by atoms with van der Waals surface area (Å²) >= 11 is 0. The number of nitrogens with one attached hydrogen (secondary N) is 1. The molecule has 0 aliphatic heterocycles. The Hall–Kier alpha value is -2.76. The summed E-state index contributed by atoms with van der Waals surface area (Å²) in [5.41, 5.74) is -0.503. The van der Waals surface area contributed by atoms with Crippen molar-refractivity contribution in [2.45, 2.75) is 24.7 Å². The van der Waals surface area contributed by atoms with Gasteiger partial charge in [0, 0.05) is 12.5 Å². The molecule has 0 spiro atoms. The lowest BCUT2D eigenvalue weighted by molar-refractivity contribution is -0.143. The van der Waals surface area contributed by atoms with Crippen molar-refractivity contribution in [3.63, 3.8) is 0 Å². The third-order valence-electron chi connectivity index (χ3n) is 4.98. The van der Waals surface area contributed by atoms with E-state index in [0.29, 0.717) is 12.0 Å². The molecule has 0 bridgehead atoms. The topological polar surface area (TPSA) is 66.4 Å². The van der Waals surface area contributed by atoms with E-state index in [1.165, 1.54) is 0 Å². The van der Waals surface area contributed by atoms with Crippen molar-refractivity contribution in [3.05, 3.63) is 71.3 Å². The van der Waals surface area contributed by atoms with Crippen LogP contribution < -0.4 is 5.32 Å². The summed E-state index contributed by atoms with van der Waals surface area (Å²) in [5.74, 6) is -3.32. The number of benzene rings is 2. The van der Waals surface area contributed by atoms with Gasteiger partial charge in [-0.05, 0) is 48.6 Å². The molecule has 0 aromatic heterocycles. The Labute approximate surface area is 149 Å². The number of carboxylic acids is 1. The van der Waals surface area contributed by atoms with Gasteiger partial charge in [0.05, 0.1) is 0 Å². The molecule has 3 atom stereocenters. The highest BCUT2D eigenvalue weighted by molar-refractivity contribution is 5.85. The Morgan fingerprint density at radius 1 is 1.19 bits per heavy atom. The van der Waals surface area contributed by atoms with Gasteiger partial charge in [0.1, 0.15) is 17.0 Å². The van der Waals surface area contributed by atoms with Crippen molar-refractivity contribution in [1.82, 2.24) is 5.32 Å². The van der Waals surface area contributed by atoms with Crippen LogP contribution in [0.5, 0.6) is 0 Å². The van der Waals surface area contributed by atoms with E-state index in [9.17, 15) is 23.5 Å². The number of carbonyl (C=O) groups is 2. The summed E-state index contributed by atoms with van der Waals surface area (Å²) in [7, 11) is 0. The van der Waals surface area contributed by atoms with Gasteiger partial charge in [0.25, 0.3) is 0 Å². The molecule has 0 heterocycles. The summed E-state index contributed by atoms with van der Waals surface area (Å²) in [4.78, 5) is 24.1. The van der Waals surface area contributed by atoms with E-state index < -0.39 is 28.9 Å². The average Bonchev–Trinajstić information content (AvgIpc) is 3.42. The van der Waals surface area contributed by atoms with E-state index in [1.807, 2.05) is 0 Å². The first-order valence-corrected chi connectivity index (χ1v) is 8.34. The highest BCUT2D eigenvalue weighted by Gasteiger charge is 2.46. The Morgan fingerprint density at radius 2 is 1.88 bits per heavy atom. The van der Waals surface area contributed by atoms with Gasteiger partial charge in [-0.15, -0.1) is 0 Å². The Balaban J connectivity index is 1.67. The summed E-state index contributed by atoms with van der Waals surface area (Å²) in [6, 6.07) is 11.9. The molecule has 2 aromatic rings. The first-order chi connectivity index (χ1) is 12.3. The largest absolute Gasteiger partial charge is 0.481 e. The zero-order valence-electron chi connectivity index (χ0n) is 14.2. The Kier molecular flexibility index (Phi) is 4.76. The van der Waals surface area contributed by atoms with Crippen LogP contribution in [0.15, 0.2) is 48.5 Å². The maximum absolute atomic E-state index is 13.8. The van der Waals surface area contributed by atoms with Gasteiger partial charge in [0.15, 0.2) is 0 Å². The number of aliphatic carboxylic acids is 1. The van der Waals surface area contributed by atoms with Crippen LogP contribution in [0.1, 0.15) is 30.4 Å². The third kappa shape index (κ3) is 3.45. The minimum Gasteiger partial charge on any atom is -0.481 e. The number of amides is 1. The molecule has 1 fully saturated rings. The van der Waals surface area contributed by atoms with Crippen molar-refractivity contribution in [1.29, 1.82) is 0 Å². The number of halogens is 2. The molecule has 1 aliphatic rings. The van der Waals surface area contributed by atoms with E-state index in [0.717, 1.165) is 18.2 Å². The first-order valence-electron chi connectivity index (χ1n) is 8.34. The zero-order valence-corrected chi connectivity index (χ0v) is 14.2. The molecule has 1 amide bonds. The van der Waals surface area contributed by atoms with Crippen molar-refractivity contribution in [3.8, 4) is 0 Å². The van der Waals surface area contributed by atoms with Gasteiger partial charge in [-0.1, -0.05) is 30.3 Å². The highest BCUT2D eigenvalue weighted by Crippen LogP contribution is 2.48. The maximum atomic E-state index is 13.8. The van der Waals surface area contributed by atoms with Crippen LogP contribution >= 0.6 is 0 Å². The standard InChI is InChI=1S/C20H19F2NO3/c1-20(19(25)26,12-5-3-2-4-6-12)11-23-18(24)16-10-14(16)15-9-13(21)7-8-17(15)22/h2-9,14,16H,10-11H2,1H3,(H,23,24)(H,25,26). The summed E-state index contributed by atoms with van der Waals surface area (Å²) < 4.78 is 27.1. The normalized spacial score (nSPS) is 20.9. The molecule has 4 nitrogen and oxygen atoms in total. The van der Waals surface area contributed by atoms with Crippen LogP contribution in [0.3, 0.4) is 0 Å². The fraction of sp³-hybridized carbons (Fsp3) is 0.300. The van der Waals surface area contributed by atoms with Crippen LogP contribution in [-0.2, 0) is 15.0 Å². The molecule has 2 aromatic carbocycles. The van der Waals surface area contributed by atoms with E-state index in [-0.39, 0.29) is 23.9 Å². The highest BCUT2D eigenvalue weighted by atomic mass is 19.1. The predicted molar refractivity (Wildman–Crippen MR) is 91.6 cm³/mol. The SMILES string of the molecule is CC(CNC(=O)C1CC1c1cc(F)ccc1F)(C(=O)O)c1ccccc1. The van der Waals surface area contributed by atoms with Crippen molar-refractivity contribution < 1.29 is 23.5 Å². The molecule has 6 heteroatoms. The van der Waals surface area contributed by atoms with Gasteiger partial charge < -0.3 is 10.4 Å². The summed E-state index contributed by atoms with van der Waals surface area (Å²) in [5, 5.41) is 12.3. The number of carboxylic acid groups (broad SMARTS) is 1. The Morgan fingerprint density at radius 3 is 2.54 bits per heavy atom. The van der Waals surface area contributed by atoms with Crippen LogP contribution in [0, 0.1) is 17.6 Å². The molecule has 0 radical (unpaired) electrons. The maximum Gasteiger partial charge on any atom is 0.315 e.